The molecule has 0 radical (unpaired) electrons. The number of nitrogens with zero attached hydrogens (tertiary/aromatic N) is 5. The SMILES string of the molecule is N#CC1CCCN(C(=O)c2cnc3c(c2)ncn3Cc2ccccc2)C1. The van der Waals surface area contributed by atoms with E-state index < -0.39 is 0 Å². The van der Waals surface area contributed by atoms with Crippen molar-refractivity contribution in [3.8, 4) is 6.07 Å². The van der Waals surface area contributed by atoms with Crippen LogP contribution in [-0.2, 0) is 6.54 Å². The summed E-state index contributed by atoms with van der Waals surface area (Å²) in [6, 6.07) is 14.2. The number of amides is 1. The number of fused-ring (bicyclic) bond motifs is 1. The molecule has 0 N–H and O–H groups in total. The van der Waals surface area contributed by atoms with Gasteiger partial charge in [0.2, 0.25) is 0 Å². The lowest BCUT2D eigenvalue weighted by atomic mass is 9.99. The third kappa shape index (κ3) is 3.16. The Morgan fingerprint density at radius 2 is 2.12 bits per heavy atom. The lowest BCUT2D eigenvalue weighted by molar-refractivity contribution is 0.0698. The van der Waals surface area contributed by atoms with Gasteiger partial charge in [-0.05, 0) is 24.5 Å². The van der Waals surface area contributed by atoms with Crippen molar-refractivity contribution < 1.29 is 4.79 Å². The maximum atomic E-state index is 12.7. The number of piperidine rings is 1. The third-order valence-corrected chi connectivity index (χ3v) is 4.79. The van der Waals surface area contributed by atoms with E-state index in [0.717, 1.165) is 18.5 Å². The summed E-state index contributed by atoms with van der Waals surface area (Å²) in [5.74, 6) is -0.147. The van der Waals surface area contributed by atoms with E-state index in [-0.39, 0.29) is 11.8 Å². The zero-order valence-electron chi connectivity index (χ0n) is 14.4. The highest BCUT2D eigenvalue weighted by Gasteiger charge is 2.25. The minimum Gasteiger partial charge on any atom is -0.337 e. The van der Waals surface area contributed by atoms with Gasteiger partial charge in [-0.3, -0.25) is 4.79 Å². The number of imidazole rings is 1. The fourth-order valence-corrected chi connectivity index (χ4v) is 3.41. The van der Waals surface area contributed by atoms with E-state index >= 15 is 0 Å². The first kappa shape index (κ1) is 16.3. The summed E-state index contributed by atoms with van der Waals surface area (Å²) in [4.78, 5) is 23.4. The van der Waals surface area contributed by atoms with Crippen LogP contribution in [-0.4, -0.2) is 38.4 Å². The highest BCUT2D eigenvalue weighted by molar-refractivity contribution is 5.96. The van der Waals surface area contributed by atoms with Crippen LogP contribution >= 0.6 is 0 Å². The van der Waals surface area contributed by atoms with Crippen molar-refractivity contribution in [2.24, 2.45) is 5.92 Å². The summed E-state index contributed by atoms with van der Waals surface area (Å²) < 4.78 is 1.98. The Bertz CT molecular complexity index is 973. The molecule has 4 rings (SSSR count). The number of pyridine rings is 1. The number of benzene rings is 1. The van der Waals surface area contributed by atoms with E-state index in [1.807, 2.05) is 22.8 Å². The molecule has 1 aliphatic rings. The zero-order valence-corrected chi connectivity index (χ0v) is 14.4. The second-order valence-corrected chi connectivity index (χ2v) is 6.64. The summed E-state index contributed by atoms with van der Waals surface area (Å²) in [5.41, 5.74) is 3.17. The van der Waals surface area contributed by atoms with Gasteiger partial charge in [0.15, 0.2) is 5.65 Å². The summed E-state index contributed by atoms with van der Waals surface area (Å²) in [5, 5.41) is 9.11. The van der Waals surface area contributed by atoms with E-state index in [0.29, 0.717) is 30.7 Å². The molecule has 0 aliphatic carbocycles. The van der Waals surface area contributed by atoms with Gasteiger partial charge in [0, 0.05) is 19.3 Å². The van der Waals surface area contributed by atoms with Crippen molar-refractivity contribution in [2.75, 3.05) is 13.1 Å². The molecule has 6 nitrogen and oxygen atoms in total. The quantitative estimate of drug-likeness (QED) is 0.731. The fourth-order valence-electron chi connectivity index (χ4n) is 3.41. The number of hydrogen-bond donors (Lipinski definition) is 0. The highest BCUT2D eigenvalue weighted by atomic mass is 16.2. The molecule has 1 unspecified atom stereocenters. The van der Waals surface area contributed by atoms with Crippen LogP contribution in [0.1, 0.15) is 28.8 Å². The van der Waals surface area contributed by atoms with Crippen LogP contribution in [0.5, 0.6) is 0 Å². The molecule has 0 saturated carbocycles. The second-order valence-electron chi connectivity index (χ2n) is 6.64. The van der Waals surface area contributed by atoms with E-state index in [1.165, 1.54) is 5.56 Å². The molecule has 2 aromatic heterocycles. The van der Waals surface area contributed by atoms with Crippen LogP contribution in [0.25, 0.3) is 11.2 Å². The molecule has 3 aromatic rings. The topological polar surface area (TPSA) is 74.8 Å². The molecule has 3 heterocycles. The van der Waals surface area contributed by atoms with Gasteiger partial charge in [0.25, 0.3) is 5.91 Å². The van der Waals surface area contributed by atoms with Gasteiger partial charge >= 0.3 is 0 Å². The van der Waals surface area contributed by atoms with Gasteiger partial charge in [-0.25, -0.2) is 9.97 Å². The molecular weight excluding hydrogens is 326 g/mol. The first-order valence-electron chi connectivity index (χ1n) is 8.78. The minimum atomic E-state index is -0.0746. The number of aromatic nitrogens is 3. The molecule has 0 bridgehead atoms. The molecule has 0 spiro atoms. The van der Waals surface area contributed by atoms with Crippen molar-refractivity contribution in [1.29, 1.82) is 5.26 Å². The molecule has 1 aliphatic heterocycles. The van der Waals surface area contributed by atoms with Gasteiger partial charge in [-0.2, -0.15) is 5.26 Å². The molecule has 6 heteroatoms. The fraction of sp³-hybridized carbons (Fsp3) is 0.300. The largest absolute Gasteiger partial charge is 0.337 e. The predicted octanol–water partition coefficient (Wildman–Crippen LogP) is 2.86. The average Bonchev–Trinajstić information content (AvgIpc) is 3.10. The van der Waals surface area contributed by atoms with Gasteiger partial charge in [-0.1, -0.05) is 30.3 Å². The normalized spacial score (nSPS) is 17.2. The predicted molar refractivity (Wildman–Crippen MR) is 97.3 cm³/mol. The maximum absolute atomic E-state index is 12.7. The number of hydrogen-bond acceptors (Lipinski definition) is 4. The number of rotatable bonds is 3. The number of nitriles is 1. The third-order valence-electron chi connectivity index (χ3n) is 4.79. The summed E-state index contributed by atoms with van der Waals surface area (Å²) in [6.45, 7) is 1.88. The van der Waals surface area contributed by atoms with Crippen LogP contribution in [0.3, 0.4) is 0 Å². The van der Waals surface area contributed by atoms with Gasteiger partial charge < -0.3 is 9.47 Å². The molecule has 1 atom stereocenters. The smallest absolute Gasteiger partial charge is 0.255 e. The zero-order chi connectivity index (χ0) is 17.9. The van der Waals surface area contributed by atoms with Crippen molar-refractivity contribution in [2.45, 2.75) is 19.4 Å². The van der Waals surface area contributed by atoms with Crippen molar-refractivity contribution in [3.63, 3.8) is 0 Å². The van der Waals surface area contributed by atoms with Gasteiger partial charge in [0.05, 0.1) is 30.4 Å². The van der Waals surface area contributed by atoms with Crippen LogP contribution in [0.15, 0.2) is 48.9 Å². The minimum absolute atomic E-state index is 0.0723. The molecular formula is C20H19N5O. The molecule has 1 saturated heterocycles. The Morgan fingerprint density at radius 1 is 1.27 bits per heavy atom. The summed E-state index contributed by atoms with van der Waals surface area (Å²) >= 11 is 0. The molecule has 130 valence electrons. The number of carbonyl (C=O) groups is 1. The lowest BCUT2D eigenvalue weighted by Gasteiger charge is -2.29. The monoisotopic (exact) mass is 345 g/mol. The van der Waals surface area contributed by atoms with Crippen molar-refractivity contribution in [1.82, 2.24) is 19.4 Å². The van der Waals surface area contributed by atoms with E-state index in [9.17, 15) is 4.79 Å². The Labute approximate surface area is 151 Å². The lowest BCUT2D eigenvalue weighted by Crippen LogP contribution is -2.39. The standard InChI is InChI=1S/C20H19N5O/c21-10-16-7-4-8-24(13-16)20(26)17-9-18-19(22-11-17)25(14-23-18)12-15-5-2-1-3-6-15/h1-3,5-6,9,11,14,16H,4,7-8,12-13H2. The Balaban J connectivity index is 1.57. The molecule has 26 heavy (non-hydrogen) atoms. The van der Waals surface area contributed by atoms with Gasteiger partial charge in [0.1, 0.15) is 5.52 Å². The Hall–Kier alpha value is -3.20. The molecule has 1 amide bonds. The van der Waals surface area contributed by atoms with E-state index in [4.69, 9.17) is 5.26 Å². The Morgan fingerprint density at radius 3 is 2.92 bits per heavy atom. The van der Waals surface area contributed by atoms with E-state index in [2.05, 4.69) is 28.2 Å². The summed E-state index contributed by atoms with van der Waals surface area (Å²) in [7, 11) is 0. The van der Waals surface area contributed by atoms with Crippen molar-refractivity contribution in [3.05, 3.63) is 60.0 Å². The Kier molecular flexibility index (Phi) is 4.36. The first-order valence-corrected chi connectivity index (χ1v) is 8.78. The average molecular weight is 345 g/mol. The molecule has 1 aromatic carbocycles. The highest BCUT2D eigenvalue weighted by Crippen LogP contribution is 2.20. The van der Waals surface area contributed by atoms with Crippen LogP contribution in [0, 0.1) is 17.2 Å². The van der Waals surface area contributed by atoms with Crippen LogP contribution in [0.2, 0.25) is 0 Å². The van der Waals surface area contributed by atoms with Gasteiger partial charge in [-0.15, -0.1) is 0 Å². The van der Waals surface area contributed by atoms with Crippen LogP contribution < -0.4 is 0 Å². The van der Waals surface area contributed by atoms with Crippen LogP contribution in [0.4, 0.5) is 0 Å². The second kappa shape index (κ2) is 6.96. The van der Waals surface area contributed by atoms with Crippen molar-refractivity contribution >= 4 is 17.1 Å². The summed E-state index contributed by atoms with van der Waals surface area (Å²) in [6.07, 6.45) is 5.10. The number of likely N-dealkylation sites (tertiary alicyclic amines) is 1. The number of carbonyl (C=O) groups excluding carboxylic acids is 1. The maximum Gasteiger partial charge on any atom is 0.255 e. The molecule has 1 fully saturated rings. The van der Waals surface area contributed by atoms with E-state index in [1.54, 1.807) is 23.5 Å². The first-order chi connectivity index (χ1) is 12.7.